The largest absolute Gasteiger partial charge is 2.00 e. The van der Waals surface area contributed by atoms with Gasteiger partial charge in [-0.1, -0.05) is 24.3 Å². The van der Waals surface area contributed by atoms with Crippen LogP contribution >= 0.6 is 23.5 Å². The van der Waals surface area contributed by atoms with E-state index in [1.807, 2.05) is 72.8 Å². The fourth-order valence-corrected chi connectivity index (χ4v) is 4.75. The van der Waals surface area contributed by atoms with Gasteiger partial charge in [0.25, 0.3) is 0 Å². The van der Waals surface area contributed by atoms with Gasteiger partial charge in [0.15, 0.2) is 0 Å². The second kappa shape index (κ2) is 18.4. The second-order valence-corrected chi connectivity index (χ2v) is 11.3. The first-order valence-corrected chi connectivity index (χ1v) is 16.8. The van der Waals surface area contributed by atoms with Gasteiger partial charge in [-0.15, -0.1) is 33.8 Å². The number of nitrogens with zero attached hydrogens (tertiary/aromatic N) is 6. The van der Waals surface area contributed by atoms with Crippen molar-refractivity contribution in [2.24, 2.45) is 0 Å². The van der Waals surface area contributed by atoms with Crippen LogP contribution in [0.1, 0.15) is 0 Å². The Balaban J connectivity index is 0.000000215. The molecule has 0 N–H and O–H groups in total. The molecule has 0 atom stereocenters. The third-order valence-electron chi connectivity index (χ3n) is 5.78. The molecule has 6 rings (SSSR count). The molecule has 6 aromatic rings. The summed E-state index contributed by atoms with van der Waals surface area (Å²) in [4.78, 5) is 29.1. The maximum absolute atomic E-state index is 8.49. The maximum atomic E-state index is 8.49. The predicted molar refractivity (Wildman–Crippen MR) is 165 cm³/mol. The van der Waals surface area contributed by atoms with Gasteiger partial charge in [-0.2, -0.15) is 0 Å². The smallest absolute Gasteiger partial charge is 0.255 e. The molecule has 14 heteroatoms. The molecule has 6 heterocycles. The minimum atomic E-state index is -4.94. The van der Waals surface area contributed by atoms with E-state index in [2.05, 4.69) is 66.7 Å². The predicted octanol–water partition coefficient (Wildman–Crippen LogP) is 3.10. The summed E-state index contributed by atoms with van der Waals surface area (Å²) in [6.45, 7) is 0. The number of rotatable bonds is 6. The van der Waals surface area contributed by atoms with Crippen LogP contribution in [0.25, 0.3) is 45.6 Å². The van der Waals surface area contributed by atoms with Gasteiger partial charge < -0.3 is 0 Å². The average Bonchev–Trinajstić information content (AvgIpc) is 3.09. The molecule has 0 aliphatic carbocycles. The molecule has 0 aliphatic rings. The third-order valence-corrected chi connectivity index (χ3v) is 7.19. The molecule has 0 saturated heterocycles. The fourth-order valence-electron chi connectivity index (χ4n) is 3.83. The number of hydrogen-bond acceptors (Lipinski definition) is 12. The van der Waals surface area contributed by atoms with Crippen LogP contribution in [0.5, 0.6) is 0 Å². The van der Waals surface area contributed by atoms with Crippen molar-refractivity contribution in [2.75, 3.05) is 12.5 Å². The SMILES string of the molecule is CSc1cc(-c2ccccn2)nc(-c2ccccn2)c1.CSc1cc(-c2ccccn2)nc(-c2ccccn2)c1.[Mn+2].[O-][Cl+3]([O-])([O-])[O-]. The molecule has 0 amide bonds. The van der Waals surface area contributed by atoms with Crippen LogP contribution in [0.15, 0.2) is 132 Å². The summed E-state index contributed by atoms with van der Waals surface area (Å²) in [7, 11) is -4.94. The van der Waals surface area contributed by atoms with E-state index in [0.29, 0.717) is 0 Å². The molecule has 0 unspecified atom stereocenters. The van der Waals surface area contributed by atoms with Crippen LogP contribution in [-0.4, -0.2) is 42.4 Å². The zero-order chi connectivity index (χ0) is 32.1. The van der Waals surface area contributed by atoms with E-state index in [9.17, 15) is 0 Å². The second-order valence-electron chi connectivity index (χ2n) is 8.79. The molecule has 46 heavy (non-hydrogen) atoms. The molecular formula is C32H26ClMnN6O4S2+. The average molecular weight is 713 g/mol. The molecule has 0 fully saturated rings. The van der Waals surface area contributed by atoms with Crippen molar-refractivity contribution in [1.29, 1.82) is 0 Å². The number of thioether (sulfide) groups is 2. The summed E-state index contributed by atoms with van der Waals surface area (Å²) in [6.07, 6.45) is 11.2. The topological polar surface area (TPSA) is 170 Å². The molecule has 0 aromatic carbocycles. The minimum absolute atomic E-state index is 0. The van der Waals surface area contributed by atoms with Crippen molar-refractivity contribution in [3.05, 3.63) is 122 Å². The summed E-state index contributed by atoms with van der Waals surface area (Å²) in [5.41, 5.74) is 7.00. The maximum Gasteiger partial charge on any atom is 2.00 e. The third kappa shape index (κ3) is 11.9. The number of pyridine rings is 6. The Morgan fingerprint density at radius 2 is 0.674 bits per heavy atom. The minimum Gasteiger partial charge on any atom is -0.255 e. The van der Waals surface area contributed by atoms with Gasteiger partial charge in [-0.05, 0) is 85.3 Å². The van der Waals surface area contributed by atoms with Gasteiger partial charge in [0.2, 0.25) is 0 Å². The molecule has 0 saturated carbocycles. The van der Waals surface area contributed by atoms with Crippen molar-refractivity contribution in [2.45, 2.75) is 9.79 Å². The zero-order valence-electron chi connectivity index (χ0n) is 24.4. The molecular weight excluding hydrogens is 687 g/mol. The Hall–Kier alpha value is -3.75. The van der Waals surface area contributed by atoms with Crippen molar-refractivity contribution < 1.29 is 45.9 Å². The normalized spacial score (nSPS) is 10.4. The summed E-state index contributed by atoms with van der Waals surface area (Å²) in [5, 5.41) is 0. The van der Waals surface area contributed by atoms with E-state index < -0.39 is 10.2 Å². The Bertz CT molecular complexity index is 1530. The van der Waals surface area contributed by atoms with Gasteiger partial charge in [0.1, 0.15) is 0 Å². The van der Waals surface area contributed by atoms with Crippen LogP contribution in [0.4, 0.5) is 0 Å². The van der Waals surface area contributed by atoms with E-state index in [0.717, 1.165) is 55.3 Å². The summed E-state index contributed by atoms with van der Waals surface area (Å²) >= 11 is 3.38. The van der Waals surface area contributed by atoms with Gasteiger partial charge in [0, 0.05) is 34.6 Å². The van der Waals surface area contributed by atoms with Gasteiger partial charge in [-0.25, -0.2) is 28.6 Å². The van der Waals surface area contributed by atoms with Gasteiger partial charge in [0.05, 0.1) is 45.6 Å². The Morgan fingerprint density at radius 1 is 0.435 bits per heavy atom. The van der Waals surface area contributed by atoms with Crippen LogP contribution in [0.3, 0.4) is 0 Å². The van der Waals surface area contributed by atoms with E-state index in [1.165, 1.54) is 0 Å². The summed E-state index contributed by atoms with van der Waals surface area (Å²) in [6, 6.07) is 31.6. The molecule has 233 valence electrons. The molecule has 10 nitrogen and oxygen atoms in total. The van der Waals surface area contributed by atoms with E-state index in [1.54, 1.807) is 48.3 Å². The number of hydrogen-bond donors (Lipinski definition) is 0. The Kier molecular flexibility index (Phi) is 14.7. The van der Waals surface area contributed by atoms with E-state index >= 15 is 0 Å². The number of halogens is 1. The number of aromatic nitrogens is 6. The van der Waals surface area contributed by atoms with Gasteiger partial charge in [-0.3, -0.25) is 19.9 Å². The zero-order valence-corrected chi connectivity index (χ0v) is 28.0. The Morgan fingerprint density at radius 3 is 0.848 bits per heavy atom. The quantitative estimate of drug-likeness (QED) is 0.183. The van der Waals surface area contributed by atoms with Gasteiger partial charge >= 0.3 is 17.1 Å². The summed E-state index contributed by atoms with van der Waals surface area (Å²) in [5.74, 6) is 0. The standard InChI is InChI=1S/2C16H13N3S.ClHO4.Mn/c2*1-20-12-10-15(13-6-2-4-8-17-13)19-16(11-12)14-7-3-5-9-18-14;2-1(3,4)5;/h2*2-11H,1H3;(H,2,3,4,5);/q;;;+2/p-1. The Labute approximate surface area is 287 Å². The van der Waals surface area contributed by atoms with Crippen molar-refractivity contribution in [1.82, 2.24) is 29.9 Å². The molecule has 0 bridgehead atoms. The molecule has 0 spiro atoms. The van der Waals surface area contributed by atoms with E-state index in [-0.39, 0.29) is 17.1 Å². The van der Waals surface area contributed by atoms with E-state index in [4.69, 9.17) is 18.6 Å². The van der Waals surface area contributed by atoms with Crippen LogP contribution in [0, 0.1) is 10.2 Å². The fraction of sp³-hybridized carbons (Fsp3) is 0.0625. The van der Waals surface area contributed by atoms with Crippen LogP contribution in [0.2, 0.25) is 0 Å². The first-order chi connectivity index (χ1) is 21.7. The van der Waals surface area contributed by atoms with Crippen molar-refractivity contribution >= 4 is 23.5 Å². The van der Waals surface area contributed by atoms with Crippen LogP contribution < -0.4 is 18.6 Å². The van der Waals surface area contributed by atoms with Crippen LogP contribution in [-0.2, 0) is 17.1 Å². The van der Waals surface area contributed by atoms with Crippen molar-refractivity contribution in [3.63, 3.8) is 0 Å². The van der Waals surface area contributed by atoms with Crippen molar-refractivity contribution in [3.8, 4) is 45.6 Å². The summed E-state index contributed by atoms with van der Waals surface area (Å²) < 4.78 is 34.0. The first-order valence-electron chi connectivity index (χ1n) is 13.1. The molecule has 0 aliphatic heterocycles. The first kappa shape index (κ1) is 36.7. The molecule has 1 radical (unpaired) electrons. The molecule has 6 aromatic heterocycles. The monoisotopic (exact) mass is 712 g/mol.